The van der Waals surface area contributed by atoms with Crippen LogP contribution in [0.1, 0.15) is 27.7 Å². The molecule has 6 heteroatoms. The number of aliphatic carboxylic acids is 1. The van der Waals surface area contributed by atoms with E-state index in [0.29, 0.717) is 12.3 Å². The van der Waals surface area contributed by atoms with Gasteiger partial charge in [-0.05, 0) is 19.3 Å². The number of nitrogens with zero attached hydrogens (tertiary/aromatic N) is 1. The number of carbonyl (C=O) groups is 2. The number of amides is 1. The lowest BCUT2D eigenvalue weighted by atomic mass is 10.1. The minimum absolute atomic E-state index is 0.0529. The molecule has 5 nitrogen and oxygen atoms in total. The van der Waals surface area contributed by atoms with Crippen LogP contribution in [0.4, 0.5) is 0 Å². The Hall–Kier alpha value is -0.910. The van der Waals surface area contributed by atoms with Crippen molar-refractivity contribution in [2.24, 2.45) is 17.3 Å². The Kier molecular flexibility index (Phi) is 3.49. The summed E-state index contributed by atoms with van der Waals surface area (Å²) in [5.41, 5.74) is -0.470. The zero-order valence-electron chi connectivity index (χ0n) is 11.8. The van der Waals surface area contributed by atoms with Gasteiger partial charge in [-0.15, -0.1) is 0 Å². The molecular weight excluding hydrogens is 266 g/mol. The van der Waals surface area contributed by atoms with Crippen molar-refractivity contribution in [2.45, 2.75) is 39.0 Å². The van der Waals surface area contributed by atoms with Crippen molar-refractivity contribution in [2.75, 3.05) is 12.3 Å². The van der Waals surface area contributed by atoms with Crippen molar-refractivity contribution in [3.8, 4) is 0 Å². The molecule has 1 aliphatic heterocycles. The predicted molar refractivity (Wildman–Crippen MR) is 72.0 cm³/mol. The number of carbonyl (C=O) groups excluding carboxylic acids is 1. The van der Waals surface area contributed by atoms with Gasteiger partial charge in [-0.1, -0.05) is 13.8 Å². The van der Waals surface area contributed by atoms with Crippen molar-refractivity contribution in [1.29, 1.82) is 0 Å². The van der Waals surface area contributed by atoms with Crippen LogP contribution < -0.4 is 0 Å². The molecule has 1 saturated heterocycles. The van der Waals surface area contributed by atoms with Crippen LogP contribution in [0.15, 0.2) is 0 Å². The summed E-state index contributed by atoms with van der Waals surface area (Å²) in [6.07, 6.45) is 0. The quantitative estimate of drug-likeness (QED) is 0.811. The van der Waals surface area contributed by atoms with Crippen LogP contribution in [0.2, 0.25) is 0 Å². The summed E-state index contributed by atoms with van der Waals surface area (Å²) in [4.78, 5) is 25.4. The van der Waals surface area contributed by atoms with Crippen LogP contribution in [0.25, 0.3) is 0 Å². The smallest absolute Gasteiger partial charge is 0.307 e. The highest BCUT2D eigenvalue weighted by atomic mass is 32.2. The standard InChI is InChI=1S/C13H21NO4S/c1-7-8(2)19(18)6-5-14(7)11(15)9-10(12(16)17)13(9,3)4/h7-10H,5-6H2,1-4H3,(H,16,17). The summed E-state index contributed by atoms with van der Waals surface area (Å²) in [6, 6.07) is -0.0899. The Balaban J connectivity index is 2.14. The molecule has 19 heavy (non-hydrogen) atoms. The first-order valence-electron chi connectivity index (χ1n) is 6.60. The van der Waals surface area contributed by atoms with E-state index in [1.165, 1.54) is 0 Å². The van der Waals surface area contributed by atoms with Crippen LogP contribution >= 0.6 is 0 Å². The monoisotopic (exact) mass is 287 g/mol. The van der Waals surface area contributed by atoms with E-state index in [2.05, 4.69) is 0 Å². The van der Waals surface area contributed by atoms with Crippen LogP contribution in [0.5, 0.6) is 0 Å². The number of rotatable bonds is 2. The van der Waals surface area contributed by atoms with Gasteiger partial charge in [0.05, 0.1) is 17.1 Å². The first kappa shape index (κ1) is 14.5. The minimum Gasteiger partial charge on any atom is -0.481 e. The third-order valence-electron chi connectivity index (χ3n) is 4.76. The maximum atomic E-state index is 12.5. The fraction of sp³-hybridized carbons (Fsp3) is 0.846. The average molecular weight is 287 g/mol. The van der Waals surface area contributed by atoms with Gasteiger partial charge in [0.1, 0.15) is 0 Å². The maximum Gasteiger partial charge on any atom is 0.307 e. The van der Waals surface area contributed by atoms with Crippen LogP contribution in [-0.4, -0.2) is 49.7 Å². The molecule has 0 aromatic rings. The van der Waals surface area contributed by atoms with E-state index < -0.39 is 34.0 Å². The van der Waals surface area contributed by atoms with Crippen LogP contribution in [0.3, 0.4) is 0 Å². The number of carboxylic acid groups (broad SMARTS) is 1. The van der Waals surface area contributed by atoms with E-state index in [4.69, 9.17) is 5.11 Å². The summed E-state index contributed by atoms with van der Waals surface area (Å²) in [5.74, 6) is -1.53. The normalized spacial score (nSPS) is 40.8. The Morgan fingerprint density at radius 2 is 1.84 bits per heavy atom. The molecule has 1 amide bonds. The van der Waals surface area contributed by atoms with E-state index in [1.807, 2.05) is 27.7 Å². The topological polar surface area (TPSA) is 74.7 Å². The van der Waals surface area contributed by atoms with Gasteiger partial charge >= 0.3 is 5.97 Å². The summed E-state index contributed by atoms with van der Waals surface area (Å²) in [6.45, 7) is 7.89. The van der Waals surface area contributed by atoms with E-state index in [-0.39, 0.29) is 17.2 Å². The van der Waals surface area contributed by atoms with Gasteiger partial charge in [-0.3, -0.25) is 13.8 Å². The number of hydrogen-bond acceptors (Lipinski definition) is 3. The van der Waals surface area contributed by atoms with Crippen molar-refractivity contribution >= 4 is 22.7 Å². The highest BCUT2D eigenvalue weighted by Gasteiger charge is 2.67. The molecule has 1 heterocycles. The van der Waals surface area contributed by atoms with Crippen LogP contribution in [-0.2, 0) is 20.4 Å². The average Bonchev–Trinajstić information content (AvgIpc) is 2.89. The second kappa shape index (κ2) is 4.58. The molecule has 5 unspecified atom stereocenters. The zero-order valence-corrected chi connectivity index (χ0v) is 12.6. The van der Waals surface area contributed by atoms with Gasteiger partial charge in [0.15, 0.2) is 0 Å². The van der Waals surface area contributed by atoms with Gasteiger partial charge in [-0.2, -0.15) is 0 Å². The lowest BCUT2D eigenvalue weighted by Crippen LogP contribution is -2.53. The third-order valence-corrected chi connectivity index (χ3v) is 6.57. The molecule has 0 bridgehead atoms. The second-order valence-electron chi connectivity index (χ2n) is 6.18. The predicted octanol–water partition coefficient (Wildman–Crippen LogP) is 0.711. The van der Waals surface area contributed by atoms with Crippen molar-refractivity contribution in [3.63, 3.8) is 0 Å². The molecule has 1 saturated carbocycles. The van der Waals surface area contributed by atoms with E-state index >= 15 is 0 Å². The highest BCUT2D eigenvalue weighted by Crippen LogP contribution is 2.59. The zero-order chi connectivity index (χ0) is 14.5. The van der Waals surface area contributed by atoms with Gasteiger partial charge in [0.25, 0.3) is 0 Å². The fourth-order valence-electron chi connectivity index (χ4n) is 3.10. The third kappa shape index (κ3) is 2.20. The molecule has 0 aromatic carbocycles. The van der Waals surface area contributed by atoms with Crippen molar-refractivity contribution in [3.05, 3.63) is 0 Å². The molecule has 1 N–H and O–H groups in total. The minimum atomic E-state index is -0.898. The van der Waals surface area contributed by atoms with Crippen LogP contribution in [0, 0.1) is 17.3 Å². The Morgan fingerprint density at radius 3 is 2.32 bits per heavy atom. The SMILES string of the molecule is CC1C(C)S(=O)CCN1C(=O)C1C(C(=O)O)C1(C)C. The Labute approximate surface area is 115 Å². The Bertz CT molecular complexity index is 448. The highest BCUT2D eigenvalue weighted by molar-refractivity contribution is 7.85. The second-order valence-corrected chi connectivity index (χ2v) is 8.09. The number of hydrogen-bond donors (Lipinski definition) is 1. The van der Waals surface area contributed by atoms with Gasteiger partial charge in [-0.25, -0.2) is 0 Å². The van der Waals surface area contributed by atoms with Gasteiger partial charge in [0.2, 0.25) is 5.91 Å². The fourth-order valence-corrected chi connectivity index (χ4v) is 4.43. The molecular formula is C13H21NO4S. The van der Waals surface area contributed by atoms with Gasteiger partial charge in [0, 0.05) is 29.1 Å². The first-order chi connectivity index (χ1) is 8.69. The lowest BCUT2D eigenvalue weighted by Gasteiger charge is -2.37. The Morgan fingerprint density at radius 1 is 1.26 bits per heavy atom. The molecule has 0 spiro atoms. The summed E-state index contributed by atoms with van der Waals surface area (Å²) in [7, 11) is -0.892. The van der Waals surface area contributed by atoms with E-state index in [9.17, 15) is 13.8 Å². The molecule has 1 aliphatic carbocycles. The molecule has 2 rings (SSSR count). The molecule has 2 aliphatic rings. The lowest BCUT2D eigenvalue weighted by molar-refractivity contribution is -0.142. The number of carboxylic acids is 1. The largest absolute Gasteiger partial charge is 0.481 e. The maximum absolute atomic E-state index is 12.5. The summed E-state index contributed by atoms with van der Waals surface area (Å²) < 4.78 is 11.7. The molecule has 0 radical (unpaired) electrons. The molecule has 2 fully saturated rings. The summed E-state index contributed by atoms with van der Waals surface area (Å²) in [5, 5.41) is 9.09. The van der Waals surface area contributed by atoms with E-state index in [1.54, 1.807) is 4.90 Å². The van der Waals surface area contributed by atoms with Crippen molar-refractivity contribution in [1.82, 2.24) is 4.90 Å². The van der Waals surface area contributed by atoms with Gasteiger partial charge < -0.3 is 10.0 Å². The molecule has 108 valence electrons. The summed E-state index contributed by atoms with van der Waals surface area (Å²) >= 11 is 0. The van der Waals surface area contributed by atoms with E-state index in [0.717, 1.165) is 0 Å². The molecule has 5 atom stereocenters. The first-order valence-corrected chi connectivity index (χ1v) is 7.98. The van der Waals surface area contributed by atoms with Crippen molar-refractivity contribution < 1.29 is 18.9 Å². The molecule has 0 aromatic heterocycles.